The van der Waals surface area contributed by atoms with E-state index in [1.165, 1.54) is 22.3 Å². The van der Waals surface area contributed by atoms with E-state index in [4.69, 9.17) is 14.2 Å². The van der Waals surface area contributed by atoms with E-state index in [9.17, 15) is 0 Å². The lowest BCUT2D eigenvalue weighted by atomic mass is 9.88. The minimum absolute atomic E-state index is 0.0304. The van der Waals surface area contributed by atoms with Crippen molar-refractivity contribution in [3.63, 3.8) is 0 Å². The average Bonchev–Trinajstić information content (AvgIpc) is 3.08. The summed E-state index contributed by atoms with van der Waals surface area (Å²) in [6, 6.07) is 4.38. The van der Waals surface area contributed by atoms with E-state index in [-0.39, 0.29) is 18.5 Å². The smallest absolute Gasteiger partial charge is 0.189 e. The van der Waals surface area contributed by atoms with Crippen LogP contribution in [0.2, 0.25) is 0 Å². The summed E-state index contributed by atoms with van der Waals surface area (Å²) < 4.78 is 16.7. The second kappa shape index (κ2) is 3.06. The molecule has 0 aliphatic carbocycles. The van der Waals surface area contributed by atoms with Gasteiger partial charge in [0.25, 0.3) is 0 Å². The highest BCUT2D eigenvalue weighted by Gasteiger charge is 2.46. The van der Waals surface area contributed by atoms with Crippen LogP contribution in [0.5, 0.6) is 0 Å². The Morgan fingerprint density at radius 2 is 2.00 bits per heavy atom. The van der Waals surface area contributed by atoms with Crippen molar-refractivity contribution in [2.75, 3.05) is 6.61 Å². The van der Waals surface area contributed by atoms with E-state index in [1.54, 1.807) is 0 Å². The predicted molar refractivity (Wildman–Crippen MR) is 56.9 cm³/mol. The van der Waals surface area contributed by atoms with Crippen molar-refractivity contribution < 1.29 is 14.2 Å². The summed E-state index contributed by atoms with van der Waals surface area (Å²) in [6.07, 6.45) is 1.45. The number of ether oxygens (including phenoxy) is 3. The molecule has 1 aromatic carbocycles. The molecule has 3 aliphatic heterocycles. The van der Waals surface area contributed by atoms with Crippen molar-refractivity contribution in [1.82, 2.24) is 0 Å². The van der Waals surface area contributed by atoms with Crippen LogP contribution in [-0.4, -0.2) is 12.9 Å². The molecule has 3 heteroatoms. The highest BCUT2D eigenvalue weighted by Crippen LogP contribution is 2.47. The topological polar surface area (TPSA) is 31.0 Å². The fourth-order valence-corrected chi connectivity index (χ4v) is 2.88. The minimum atomic E-state index is 0.0304. The third kappa shape index (κ3) is 1.14. The number of rotatable bonds is 0. The first-order valence-electron chi connectivity index (χ1n) is 5.88. The van der Waals surface area contributed by atoms with Crippen molar-refractivity contribution in [2.24, 2.45) is 0 Å². The SMILES string of the molecule is CC1OCCc2c1ccc1c2COC2OC12. The Balaban J connectivity index is 1.89. The minimum Gasteiger partial charge on any atom is -0.373 e. The zero-order chi connectivity index (χ0) is 10.7. The van der Waals surface area contributed by atoms with E-state index >= 15 is 0 Å². The first-order chi connectivity index (χ1) is 7.84. The van der Waals surface area contributed by atoms with Gasteiger partial charge in [0.15, 0.2) is 6.29 Å². The summed E-state index contributed by atoms with van der Waals surface area (Å²) in [5.41, 5.74) is 5.45. The van der Waals surface area contributed by atoms with E-state index in [1.807, 2.05) is 0 Å². The van der Waals surface area contributed by atoms with Crippen molar-refractivity contribution in [3.05, 3.63) is 34.4 Å². The molecule has 1 aromatic rings. The van der Waals surface area contributed by atoms with Gasteiger partial charge in [-0.3, -0.25) is 0 Å². The van der Waals surface area contributed by atoms with Crippen LogP contribution in [-0.2, 0) is 27.2 Å². The molecule has 0 N–H and O–H groups in total. The molecule has 1 fully saturated rings. The highest BCUT2D eigenvalue weighted by atomic mass is 16.8. The lowest BCUT2D eigenvalue weighted by Crippen LogP contribution is -2.19. The molecular formula is C13H14O3. The van der Waals surface area contributed by atoms with Crippen molar-refractivity contribution >= 4 is 0 Å². The summed E-state index contributed by atoms with van der Waals surface area (Å²) in [5.74, 6) is 0. The van der Waals surface area contributed by atoms with E-state index in [0.29, 0.717) is 6.61 Å². The maximum absolute atomic E-state index is 5.66. The predicted octanol–water partition coefficient (Wildman–Crippen LogP) is 2.25. The number of hydrogen-bond donors (Lipinski definition) is 0. The Labute approximate surface area is 94.3 Å². The number of fused-ring (bicyclic) bond motifs is 5. The fourth-order valence-electron chi connectivity index (χ4n) is 2.88. The molecule has 0 bridgehead atoms. The summed E-state index contributed by atoms with van der Waals surface area (Å²) in [6.45, 7) is 3.64. The first kappa shape index (κ1) is 9.16. The molecular weight excluding hydrogens is 204 g/mol. The van der Waals surface area contributed by atoms with Gasteiger partial charge >= 0.3 is 0 Å². The first-order valence-corrected chi connectivity index (χ1v) is 5.88. The van der Waals surface area contributed by atoms with Gasteiger partial charge < -0.3 is 14.2 Å². The van der Waals surface area contributed by atoms with Gasteiger partial charge in [-0.1, -0.05) is 12.1 Å². The van der Waals surface area contributed by atoms with Gasteiger partial charge in [-0.15, -0.1) is 0 Å². The quantitative estimate of drug-likeness (QED) is 0.626. The van der Waals surface area contributed by atoms with Gasteiger partial charge in [0.1, 0.15) is 6.10 Å². The molecule has 3 aliphatic rings. The fraction of sp³-hybridized carbons (Fsp3) is 0.538. The molecule has 0 radical (unpaired) electrons. The molecule has 3 heterocycles. The van der Waals surface area contributed by atoms with E-state index in [2.05, 4.69) is 19.1 Å². The van der Waals surface area contributed by atoms with Gasteiger partial charge in [0.2, 0.25) is 0 Å². The monoisotopic (exact) mass is 218 g/mol. The standard InChI is InChI=1S/C13H14O3/c1-7-8-2-3-10-11(9(8)4-5-14-7)6-15-13-12(10)16-13/h2-3,7,12-13H,4-6H2,1H3. The lowest BCUT2D eigenvalue weighted by molar-refractivity contribution is 0.0334. The molecule has 3 atom stereocenters. The van der Waals surface area contributed by atoms with Gasteiger partial charge in [-0.2, -0.15) is 0 Å². The Bertz CT molecular complexity index is 434. The molecule has 0 spiro atoms. The summed E-state index contributed by atoms with van der Waals surface area (Å²) >= 11 is 0. The van der Waals surface area contributed by atoms with Crippen LogP contribution in [0.4, 0.5) is 0 Å². The molecule has 0 aromatic heterocycles. The second-order valence-electron chi connectivity index (χ2n) is 4.70. The Morgan fingerprint density at radius 1 is 1.12 bits per heavy atom. The Kier molecular flexibility index (Phi) is 1.76. The molecule has 1 saturated heterocycles. The summed E-state index contributed by atoms with van der Waals surface area (Å²) in [7, 11) is 0. The zero-order valence-corrected chi connectivity index (χ0v) is 9.23. The van der Waals surface area contributed by atoms with Gasteiger partial charge in [0, 0.05) is 0 Å². The maximum atomic E-state index is 5.66. The Hall–Kier alpha value is -0.900. The van der Waals surface area contributed by atoms with E-state index in [0.717, 1.165) is 13.0 Å². The molecule has 0 saturated carbocycles. The molecule has 84 valence electrons. The third-order valence-electron chi connectivity index (χ3n) is 3.81. The molecule has 3 unspecified atom stereocenters. The number of epoxide rings is 1. The van der Waals surface area contributed by atoms with Crippen molar-refractivity contribution in [3.8, 4) is 0 Å². The van der Waals surface area contributed by atoms with Crippen molar-refractivity contribution in [1.29, 1.82) is 0 Å². The normalized spacial score (nSPS) is 34.9. The van der Waals surface area contributed by atoms with Crippen LogP contribution in [0.1, 0.15) is 41.4 Å². The van der Waals surface area contributed by atoms with Crippen LogP contribution in [0.15, 0.2) is 12.1 Å². The summed E-state index contributed by atoms with van der Waals surface area (Å²) in [5, 5.41) is 0. The molecule has 16 heavy (non-hydrogen) atoms. The molecule has 0 amide bonds. The average molecular weight is 218 g/mol. The van der Waals surface area contributed by atoms with E-state index < -0.39 is 0 Å². The van der Waals surface area contributed by atoms with Crippen LogP contribution in [0, 0.1) is 0 Å². The van der Waals surface area contributed by atoms with Gasteiger partial charge in [-0.25, -0.2) is 0 Å². The third-order valence-corrected chi connectivity index (χ3v) is 3.81. The molecule has 3 nitrogen and oxygen atoms in total. The maximum Gasteiger partial charge on any atom is 0.189 e. The van der Waals surface area contributed by atoms with Crippen LogP contribution in [0.25, 0.3) is 0 Å². The van der Waals surface area contributed by atoms with Crippen molar-refractivity contribution in [2.45, 2.75) is 38.4 Å². The molecule has 4 rings (SSSR count). The lowest BCUT2D eigenvalue weighted by Gasteiger charge is -2.27. The van der Waals surface area contributed by atoms with Gasteiger partial charge in [0.05, 0.1) is 19.3 Å². The highest BCUT2D eigenvalue weighted by molar-refractivity contribution is 5.46. The van der Waals surface area contributed by atoms with Crippen LogP contribution in [0.3, 0.4) is 0 Å². The largest absolute Gasteiger partial charge is 0.373 e. The van der Waals surface area contributed by atoms with Gasteiger partial charge in [-0.05, 0) is 35.6 Å². The van der Waals surface area contributed by atoms with Crippen LogP contribution < -0.4 is 0 Å². The second-order valence-corrected chi connectivity index (χ2v) is 4.70. The Morgan fingerprint density at radius 3 is 2.94 bits per heavy atom. The van der Waals surface area contributed by atoms with Crippen LogP contribution >= 0.6 is 0 Å². The zero-order valence-electron chi connectivity index (χ0n) is 9.23. The number of hydrogen-bond acceptors (Lipinski definition) is 3. The summed E-state index contributed by atoms with van der Waals surface area (Å²) in [4.78, 5) is 0. The number of benzene rings is 1.